The monoisotopic (exact) mass is 354 g/mol. The number of carbonyl (C=O) groups excluding carboxylic acids is 1. The maximum atomic E-state index is 12.4. The molecule has 22 heavy (non-hydrogen) atoms. The van der Waals surface area contributed by atoms with Gasteiger partial charge in [-0.2, -0.15) is 0 Å². The van der Waals surface area contributed by atoms with Gasteiger partial charge in [0.15, 0.2) is 0 Å². The Morgan fingerprint density at radius 1 is 1.00 bits per heavy atom. The number of hydrogen-bond acceptors (Lipinski definition) is 4. The zero-order chi connectivity index (χ0) is 14.5. The first kappa shape index (κ1) is 21.9. The average Bonchev–Trinajstić information content (AvgIpc) is 2.40. The van der Waals surface area contributed by atoms with E-state index in [4.69, 9.17) is 5.73 Å². The highest BCUT2D eigenvalue weighted by Crippen LogP contribution is 2.21. The van der Waals surface area contributed by atoms with Crippen LogP contribution in [-0.2, 0) is 4.79 Å². The molecule has 132 valence electrons. The molecule has 0 aromatic heterocycles. The molecular formula is C15H32Cl2N4O. The number of piperazine rings is 1. The number of halogens is 2. The van der Waals surface area contributed by atoms with Gasteiger partial charge < -0.3 is 10.6 Å². The van der Waals surface area contributed by atoms with E-state index in [9.17, 15) is 4.79 Å². The molecule has 1 amide bonds. The van der Waals surface area contributed by atoms with Crippen LogP contribution in [0.4, 0.5) is 0 Å². The topological polar surface area (TPSA) is 52.8 Å². The molecule has 0 radical (unpaired) electrons. The van der Waals surface area contributed by atoms with Crippen molar-refractivity contribution < 1.29 is 4.79 Å². The lowest BCUT2D eigenvalue weighted by atomic mass is 9.92. The number of nitrogens with zero attached hydrogens (tertiary/aromatic N) is 3. The summed E-state index contributed by atoms with van der Waals surface area (Å²) in [4.78, 5) is 19.2. The minimum atomic E-state index is 0. The molecule has 0 aromatic carbocycles. The zero-order valence-electron chi connectivity index (χ0n) is 13.9. The smallest absolute Gasteiger partial charge is 0.236 e. The Balaban J connectivity index is 0.00000220. The summed E-state index contributed by atoms with van der Waals surface area (Å²) in [5, 5.41) is 0. The van der Waals surface area contributed by atoms with Crippen LogP contribution in [0.5, 0.6) is 0 Å². The van der Waals surface area contributed by atoms with Crippen LogP contribution < -0.4 is 5.73 Å². The number of amides is 1. The van der Waals surface area contributed by atoms with Crippen molar-refractivity contribution >= 4 is 30.7 Å². The van der Waals surface area contributed by atoms with Crippen molar-refractivity contribution in [3.05, 3.63) is 0 Å². The van der Waals surface area contributed by atoms with Gasteiger partial charge in [0.05, 0.1) is 6.54 Å². The lowest BCUT2D eigenvalue weighted by Crippen LogP contribution is -2.52. The number of piperidine rings is 1. The summed E-state index contributed by atoms with van der Waals surface area (Å²) in [6, 6.07) is 0. The largest absolute Gasteiger partial charge is 0.341 e. The van der Waals surface area contributed by atoms with Gasteiger partial charge in [-0.15, -0.1) is 24.8 Å². The SMILES string of the molecule is CC1CC(C)CN(C(=O)CN2CCN(CCN)CC2)C1.Cl.Cl. The number of likely N-dealkylation sites (tertiary alicyclic amines) is 1. The molecule has 2 fully saturated rings. The molecule has 7 heteroatoms. The Kier molecular flexibility index (Phi) is 10.6. The second kappa shape index (κ2) is 10.7. The predicted molar refractivity (Wildman–Crippen MR) is 96.0 cm³/mol. The molecule has 2 aliphatic heterocycles. The van der Waals surface area contributed by atoms with E-state index in [1.54, 1.807) is 0 Å². The first-order valence-electron chi connectivity index (χ1n) is 8.01. The lowest BCUT2D eigenvalue weighted by Gasteiger charge is -2.38. The maximum Gasteiger partial charge on any atom is 0.236 e. The highest BCUT2D eigenvalue weighted by Gasteiger charge is 2.27. The average molecular weight is 355 g/mol. The van der Waals surface area contributed by atoms with Crippen molar-refractivity contribution in [1.29, 1.82) is 0 Å². The van der Waals surface area contributed by atoms with Crippen molar-refractivity contribution in [3.8, 4) is 0 Å². The molecule has 2 rings (SSSR count). The Hall–Kier alpha value is -0.0700. The fraction of sp³-hybridized carbons (Fsp3) is 0.933. The van der Waals surface area contributed by atoms with Crippen LogP contribution in [0, 0.1) is 11.8 Å². The van der Waals surface area contributed by atoms with Gasteiger partial charge in [0.25, 0.3) is 0 Å². The third-order valence-electron chi connectivity index (χ3n) is 4.49. The van der Waals surface area contributed by atoms with Crippen LogP contribution in [0.3, 0.4) is 0 Å². The number of rotatable bonds is 4. The number of hydrogen-bond donors (Lipinski definition) is 1. The minimum Gasteiger partial charge on any atom is -0.341 e. The lowest BCUT2D eigenvalue weighted by molar-refractivity contribution is -0.135. The normalized spacial score (nSPS) is 27.0. The summed E-state index contributed by atoms with van der Waals surface area (Å²) in [5.74, 6) is 1.60. The first-order chi connectivity index (χ1) is 9.58. The van der Waals surface area contributed by atoms with Crippen molar-refractivity contribution in [1.82, 2.24) is 14.7 Å². The molecule has 2 heterocycles. The minimum absolute atomic E-state index is 0. The highest BCUT2D eigenvalue weighted by molar-refractivity contribution is 5.85. The Morgan fingerprint density at radius 3 is 2.00 bits per heavy atom. The Labute approximate surface area is 147 Å². The Bertz CT molecular complexity index is 315. The van der Waals surface area contributed by atoms with E-state index in [0.717, 1.165) is 52.4 Å². The van der Waals surface area contributed by atoms with Crippen molar-refractivity contribution in [3.63, 3.8) is 0 Å². The molecule has 2 saturated heterocycles. The number of carbonyl (C=O) groups is 1. The molecule has 2 atom stereocenters. The van der Waals surface area contributed by atoms with Gasteiger partial charge >= 0.3 is 0 Å². The molecule has 5 nitrogen and oxygen atoms in total. The molecule has 2 aliphatic rings. The molecule has 0 saturated carbocycles. The van der Waals surface area contributed by atoms with Crippen LogP contribution in [0.25, 0.3) is 0 Å². The molecule has 0 aromatic rings. The van der Waals surface area contributed by atoms with E-state index in [0.29, 0.717) is 24.3 Å². The second-order valence-electron chi connectivity index (χ2n) is 6.65. The van der Waals surface area contributed by atoms with Crippen LogP contribution >= 0.6 is 24.8 Å². The van der Waals surface area contributed by atoms with Crippen LogP contribution in [0.15, 0.2) is 0 Å². The van der Waals surface area contributed by atoms with Crippen molar-refractivity contribution in [2.75, 3.05) is 58.9 Å². The van der Waals surface area contributed by atoms with Gasteiger partial charge in [-0.25, -0.2) is 0 Å². The van der Waals surface area contributed by atoms with Crippen LogP contribution in [0.1, 0.15) is 20.3 Å². The van der Waals surface area contributed by atoms with Gasteiger partial charge in [0, 0.05) is 52.4 Å². The van der Waals surface area contributed by atoms with Gasteiger partial charge in [0.1, 0.15) is 0 Å². The van der Waals surface area contributed by atoms with Gasteiger partial charge in [-0.05, 0) is 18.3 Å². The molecule has 0 bridgehead atoms. The standard InChI is InChI=1S/C15H30N4O.2ClH/c1-13-9-14(2)11-19(10-13)15(20)12-18-7-5-17(4-3-16)6-8-18;;/h13-14H,3-12,16H2,1-2H3;2*1H. The molecule has 2 N–H and O–H groups in total. The van der Waals surface area contributed by atoms with E-state index >= 15 is 0 Å². The third kappa shape index (κ3) is 6.59. The van der Waals surface area contributed by atoms with E-state index in [2.05, 4.69) is 28.5 Å². The summed E-state index contributed by atoms with van der Waals surface area (Å²) < 4.78 is 0. The number of nitrogens with two attached hydrogens (primary N) is 1. The maximum absolute atomic E-state index is 12.4. The van der Waals surface area contributed by atoms with E-state index in [-0.39, 0.29) is 24.8 Å². The van der Waals surface area contributed by atoms with Gasteiger partial charge in [-0.1, -0.05) is 13.8 Å². The molecule has 2 unspecified atom stereocenters. The fourth-order valence-corrected chi connectivity index (χ4v) is 3.51. The van der Waals surface area contributed by atoms with Crippen LogP contribution in [0.2, 0.25) is 0 Å². The van der Waals surface area contributed by atoms with E-state index in [1.165, 1.54) is 6.42 Å². The van der Waals surface area contributed by atoms with E-state index in [1.807, 2.05) is 0 Å². The summed E-state index contributed by atoms with van der Waals surface area (Å²) in [5.41, 5.74) is 5.58. The summed E-state index contributed by atoms with van der Waals surface area (Å²) in [7, 11) is 0. The zero-order valence-corrected chi connectivity index (χ0v) is 15.5. The first-order valence-corrected chi connectivity index (χ1v) is 8.01. The van der Waals surface area contributed by atoms with Gasteiger partial charge in [-0.3, -0.25) is 14.6 Å². The third-order valence-corrected chi connectivity index (χ3v) is 4.49. The molecule has 0 spiro atoms. The van der Waals surface area contributed by atoms with Crippen molar-refractivity contribution in [2.24, 2.45) is 17.6 Å². The van der Waals surface area contributed by atoms with Crippen LogP contribution in [-0.4, -0.2) is 79.5 Å². The summed E-state index contributed by atoms with van der Waals surface area (Å²) in [6.45, 7) is 12.7. The van der Waals surface area contributed by atoms with Crippen molar-refractivity contribution in [2.45, 2.75) is 20.3 Å². The highest BCUT2D eigenvalue weighted by atomic mass is 35.5. The molecule has 0 aliphatic carbocycles. The summed E-state index contributed by atoms with van der Waals surface area (Å²) >= 11 is 0. The predicted octanol–water partition coefficient (Wildman–Crippen LogP) is 0.911. The second-order valence-corrected chi connectivity index (χ2v) is 6.65. The fourth-order valence-electron chi connectivity index (χ4n) is 3.51. The van der Waals surface area contributed by atoms with Gasteiger partial charge in [0.2, 0.25) is 5.91 Å². The Morgan fingerprint density at radius 2 is 1.50 bits per heavy atom. The molecular weight excluding hydrogens is 323 g/mol. The summed E-state index contributed by atoms with van der Waals surface area (Å²) in [6.07, 6.45) is 1.25. The van der Waals surface area contributed by atoms with E-state index < -0.39 is 0 Å². The quantitative estimate of drug-likeness (QED) is 0.815.